The average Bonchev–Trinajstić information content (AvgIpc) is 3.23. The number of piperidine rings is 1. The van der Waals surface area contributed by atoms with Crippen molar-refractivity contribution in [2.75, 3.05) is 67.7 Å². The monoisotopic (exact) mass is 397 g/mol. The quantitative estimate of drug-likeness (QED) is 0.843. The van der Waals surface area contributed by atoms with E-state index < -0.39 is 0 Å². The molecule has 1 N–H and O–H groups in total. The van der Waals surface area contributed by atoms with Crippen molar-refractivity contribution in [2.24, 2.45) is 0 Å². The Hall–Kier alpha value is -2.42. The van der Waals surface area contributed by atoms with Gasteiger partial charge in [-0.05, 0) is 18.2 Å². The minimum absolute atomic E-state index is 0.385. The molecule has 4 heterocycles. The second kappa shape index (κ2) is 8.14. The van der Waals surface area contributed by atoms with E-state index in [1.54, 1.807) is 0 Å². The standard InChI is InChI=1S/C21H27N5O3/c1-2-4-18(25-11-13-27-14-12-25)17(3-1)23-19-5-8-22-20(24-19)26-9-6-21(7-10-26)28-15-16-29-21/h1-5,8H,6-7,9-16H2,(H,22,23,24). The molecule has 1 aromatic carbocycles. The van der Waals surface area contributed by atoms with Crippen LogP contribution in [0.4, 0.5) is 23.1 Å². The smallest absolute Gasteiger partial charge is 0.227 e. The lowest BCUT2D eigenvalue weighted by atomic mass is 10.0. The molecule has 0 bridgehead atoms. The summed E-state index contributed by atoms with van der Waals surface area (Å²) in [5.74, 6) is 1.15. The third-order valence-corrected chi connectivity index (χ3v) is 5.78. The summed E-state index contributed by atoms with van der Waals surface area (Å²) >= 11 is 0. The molecule has 3 saturated heterocycles. The molecular weight excluding hydrogens is 370 g/mol. The molecule has 154 valence electrons. The number of nitrogens with zero attached hydrogens (tertiary/aromatic N) is 4. The zero-order chi connectivity index (χ0) is 19.5. The second-order valence-corrected chi connectivity index (χ2v) is 7.58. The van der Waals surface area contributed by atoms with Gasteiger partial charge >= 0.3 is 0 Å². The number of ether oxygens (including phenoxy) is 3. The third kappa shape index (κ3) is 4.01. The Morgan fingerprint density at radius 2 is 1.62 bits per heavy atom. The van der Waals surface area contributed by atoms with Gasteiger partial charge in [-0.25, -0.2) is 4.98 Å². The van der Waals surface area contributed by atoms with Gasteiger partial charge in [-0.15, -0.1) is 0 Å². The maximum Gasteiger partial charge on any atom is 0.227 e. The summed E-state index contributed by atoms with van der Waals surface area (Å²) in [5.41, 5.74) is 2.22. The molecular formula is C21H27N5O3. The summed E-state index contributed by atoms with van der Waals surface area (Å²) in [6, 6.07) is 10.2. The molecule has 0 amide bonds. The fraction of sp³-hybridized carbons (Fsp3) is 0.524. The lowest BCUT2D eigenvalue weighted by Gasteiger charge is -2.37. The van der Waals surface area contributed by atoms with E-state index >= 15 is 0 Å². The second-order valence-electron chi connectivity index (χ2n) is 7.58. The van der Waals surface area contributed by atoms with Crippen LogP contribution in [-0.2, 0) is 14.2 Å². The Bertz CT molecular complexity index is 827. The number of nitrogens with one attached hydrogen (secondary N) is 1. The van der Waals surface area contributed by atoms with Crippen molar-refractivity contribution < 1.29 is 14.2 Å². The minimum Gasteiger partial charge on any atom is -0.378 e. The molecule has 2 aromatic rings. The van der Waals surface area contributed by atoms with Gasteiger partial charge in [-0.2, -0.15) is 4.98 Å². The fourth-order valence-electron chi connectivity index (χ4n) is 4.20. The molecule has 0 atom stereocenters. The molecule has 0 aliphatic carbocycles. The highest BCUT2D eigenvalue weighted by Gasteiger charge is 2.40. The SMILES string of the molecule is c1ccc(N2CCOCC2)c(Nc2ccnc(N3CCC4(CC3)OCCO4)n2)c1. The highest BCUT2D eigenvalue weighted by molar-refractivity contribution is 5.74. The maximum atomic E-state index is 5.82. The van der Waals surface area contributed by atoms with Crippen LogP contribution in [0.3, 0.4) is 0 Å². The molecule has 0 unspecified atom stereocenters. The van der Waals surface area contributed by atoms with Gasteiger partial charge in [0.25, 0.3) is 0 Å². The maximum absolute atomic E-state index is 5.82. The Labute approximate surface area is 170 Å². The number of para-hydroxylation sites is 2. The predicted octanol–water partition coefficient (Wildman–Crippen LogP) is 2.40. The van der Waals surface area contributed by atoms with Gasteiger partial charge in [0.05, 0.1) is 37.8 Å². The summed E-state index contributed by atoms with van der Waals surface area (Å²) < 4.78 is 17.1. The van der Waals surface area contributed by atoms with Gasteiger partial charge in [0.1, 0.15) is 5.82 Å². The van der Waals surface area contributed by atoms with Gasteiger partial charge in [0, 0.05) is 45.2 Å². The predicted molar refractivity (Wildman–Crippen MR) is 111 cm³/mol. The Morgan fingerprint density at radius 3 is 2.41 bits per heavy atom. The molecule has 1 spiro atoms. The summed E-state index contributed by atoms with van der Waals surface area (Å²) in [5, 5.41) is 3.49. The minimum atomic E-state index is -0.385. The first-order valence-corrected chi connectivity index (χ1v) is 10.4. The molecule has 0 radical (unpaired) electrons. The van der Waals surface area contributed by atoms with Crippen molar-refractivity contribution in [1.29, 1.82) is 0 Å². The van der Waals surface area contributed by atoms with Crippen LogP contribution in [0.2, 0.25) is 0 Å². The number of hydrogen-bond donors (Lipinski definition) is 1. The van der Waals surface area contributed by atoms with Crippen LogP contribution in [-0.4, -0.2) is 68.4 Å². The molecule has 8 nitrogen and oxygen atoms in total. The number of anilines is 4. The van der Waals surface area contributed by atoms with Gasteiger partial charge in [-0.1, -0.05) is 12.1 Å². The van der Waals surface area contributed by atoms with Gasteiger partial charge < -0.3 is 29.3 Å². The van der Waals surface area contributed by atoms with E-state index in [1.807, 2.05) is 18.3 Å². The normalized spacial score (nSPS) is 21.5. The van der Waals surface area contributed by atoms with Crippen molar-refractivity contribution in [3.63, 3.8) is 0 Å². The molecule has 29 heavy (non-hydrogen) atoms. The molecule has 8 heteroatoms. The Kier molecular flexibility index (Phi) is 5.22. The lowest BCUT2D eigenvalue weighted by molar-refractivity contribution is -0.169. The van der Waals surface area contributed by atoms with Crippen molar-refractivity contribution in [2.45, 2.75) is 18.6 Å². The summed E-state index contributed by atoms with van der Waals surface area (Å²) in [6.07, 6.45) is 3.50. The first-order chi connectivity index (χ1) is 14.3. The van der Waals surface area contributed by atoms with Crippen LogP contribution < -0.4 is 15.1 Å². The highest BCUT2D eigenvalue weighted by Crippen LogP contribution is 2.33. The number of rotatable bonds is 4. The third-order valence-electron chi connectivity index (χ3n) is 5.78. The van der Waals surface area contributed by atoms with Gasteiger partial charge in [0.2, 0.25) is 5.95 Å². The summed E-state index contributed by atoms with van der Waals surface area (Å²) in [7, 11) is 0. The zero-order valence-corrected chi connectivity index (χ0v) is 16.5. The van der Waals surface area contributed by atoms with Crippen LogP contribution in [0.1, 0.15) is 12.8 Å². The fourth-order valence-corrected chi connectivity index (χ4v) is 4.20. The van der Waals surface area contributed by atoms with Gasteiger partial charge in [-0.3, -0.25) is 0 Å². The van der Waals surface area contributed by atoms with Crippen molar-refractivity contribution in [3.8, 4) is 0 Å². The van der Waals surface area contributed by atoms with E-state index in [0.29, 0.717) is 13.2 Å². The van der Waals surface area contributed by atoms with Crippen LogP contribution in [0.25, 0.3) is 0 Å². The van der Waals surface area contributed by atoms with Gasteiger partial charge in [0.15, 0.2) is 5.79 Å². The average molecular weight is 397 g/mol. The van der Waals surface area contributed by atoms with Crippen LogP contribution in [0.15, 0.2) is 36.5 Å². The molecule has 3 fully saturated rings. The van der Waals surface area contributed by atoms with E-state index in [0.717, 1.165) is 69.7 Å². The van der Waals surface area contributed by atoms with E-state index in [4.69, 9.17) is 19.2 Å². The molecule has 1 aromatic heterocycles. The zero-order valence-electron chi connectivity index (χ0n) is 16.5. The Balaban J connectivity index is 1.30. The largest absolute Gasteiger partial charge is 0.378 e. The molecule has 5 rings (SSSR count). The van der Waals surface area contributed by atoms with E-state index in [2.05, 4.69) is 38.3 Å². The number of morpholine rings is 1. The summed E-state index contributed by atoms with van der Waals surface area (Å²) in [4.78, 5) is 13.8. The number of hydrogen-bond acceptors (Lipinski definition) is 8. The van der Waals surface area contributed by atoms with E-state index in [-0.39, 0.29) is 5.79 Å². The summed E-state index contributed by atoms with van der Waals surface area (Å²) in [6.45, 7) is 6.35. The van der Waals surface area contributed by atoms with Crippen molar-refractivity contribution in [1.82, 2.24) is 9.97 Å². The molecule has 0 saturated carbocycles. The van der Waals surface area contributed by atoms with Crippen molar-refractivity contribution >= 4 is 23.1 Å². The van der Waals surface area contributed by atoms with E-state index in [9.17, 15) is 0 Å². The van der Waals surface area contributed by atoms with Crippen molar-refractivity contribution in [3.05, 3.63) is 36.5 Å². The Morgan fingerprint density at radius 1 is 0.862 bits per heavy atom. The van der Waals surface area contributed by atoms with Crippen LogP contribution >= 0.6 is 0 Å². The highest BCUT2D eigenvalue weighted by atomic mass is 16.7. The number of aromatic nitrogens is 2. The molecule has 3 aliphatic rings. The first-order valence-electron chi connectivity index (χ1n) is 10.4. The topological polar surface area (TPSA) is 72.0 Å². The van der Waals surface area contributed by atoms with Crippen LogP contribution in [0.5, 0.6) is 0 Å². The lowest BCUT2D eigenvalue weighted by Crippen LogP contribution is -2.45. The van der Waals surface area contributed by atoms with E-state index in [1.165, 1.54) is 5.69 Å². The molecule has 3 aliphatic heterocycles. The first kappa shape index (κ1) is 18.6. The number of benzene rings is 1. The van der Waals surface area contributed by atoms with Crippen LogP contribution in [0, 0.1) is 0 Å².